The van der Waals surface area contributed by atoms with Crippen molar-refractivity contribution in [1.29, 1.82) is 5.26 Å². The van der Waals surface area contributed by atoms with E-state index < -0.39 is 22.9 Å². The highest BCUT2D eigenvalue weighted by Crippen LogP contribution is 2.45. The van der Waals surface area contributed by atoms with Gasteiger partial charge in [-0.15, -0.1) is 23.1 Å². The number of hydrogen-bond acceptors (Lipinski definition) is 6. The molecule has 1 aromatic heterocycles. The van der Waals surface area contributed by atoms with Gasteiger partial charge in [-0.3, -0.25) is 14.4 Å². The molecule has 0 saturated carbocycles. The van der Waals surface area contributed by atoms with Crippen molar-refractivity contribution in [1.82, 2.24) is 5.32 Å². The van der Waals surface area contributed by atoms with E-state index >= 15 is 0 Å². The Morgan fingerprint density at radius 3 is 2.30 bits per heavy atom. The van der Waals surface area contributed by atoms with Crippen LogP contribution in [0.5, 0.6) is 0 Å². The number of benzene rings is 4. The number of thioether (sulfide) groups is 1. The number of nitrogens with zero attached hydrogens (tertiary/aromatic N) is 1. The first-order valence-corrected chi connectivity index (χ1v) is 19.0. The SMILES string of the molecule is CC(C)(C)C1CCc2c(sc(NC(=O)C(Sc3cccc(NC(=O)/C(=C\c4ccc(F)cc4)NC(=O)c4ccccc4)c3)c3ccccc3)c2C#N)C1. The first-order valence-electron chi connectivity index (χ1n) is 17.3. The van der Waals surface area contributed by atoms with Crippen LogP contribution in [-0.4, -0.2) is 17.7 Å². The number of thiophene rings is 1. The second-order valence-electron chi connectivity index (χ2n) is 13.9. The second-order valence-corrected chi connectivity index (χ2v) is 16.2. The van der Waals surface area contributed by atoms with E-state index in [4.69, 9.17) is 0 Å². The Hall–Kier alpha value is -5.50. The number of amides is 3. The summed E-state index contributed by atoms with van der Waals surface area (Å²) in [5.74, 6) is -1.25. The van der Waals surface area contributed by atoms with Gasteiger partial charge >= 0.3 is 0 Å². The third-order valence-corrected chi connectivity index (χ3v) is 11.7. The summed E-state index contributed by atoms with van der Waals surface area (Å²) in [6.45, 7) is 6.75. The molecule has 53 heavy (non-hydrogen) atoms. The van der Waals surface area contributed by atoms with Crippen LogP contribution in [0, 0.1) is 28.5 Å². The molecule has 0 bridgehead atoms. The van der Waals surface area contributed by atoms with Crippen LogP contribution in [-0.2, 0) is 22.4 Å². The van der Waals surface area contributed by atoms with Gasteiger partial charge < -0.3 is 16.0 Å². The van der Waals surface area contributed by atoms with Gasteiger partial charge in [-0.05, 0) is 95.8 Å². The fourth-order valence-electron chi connectivity index (χ4n) is 6.26. The van der Waals surface area contributed by atoms with Crippen LogP contribution >= 0.6 is 23.1 Å². The molecular weight excluding hydrogens is 704 g/mol. The normalized spacial score (nSPS) is 14.7. The standard InChI is InChI=1S/C43H39FN4O3S2/c1-43(2,3)30-19-22-34-35(26-45)42(53-37(34)24-30)48-41(51)38(28-11-6-4-7-12-28)52-33-16-10-15-32(25-33)46-40(50)36(23-27-17-20-31(44)21-18-27)47-39(49)29-13-8-5-9-14-29/h4-18,20-21,23,25,30,38H,19,22,24H2,1-3H3,(H,46,50)(H,47,49)(H,48,51)/b36-23+. The molecule has 1 aliphatic rings. The minimum atomic E-state index is -0.672. The molecule has 1 aliphatic carbocycles. The number of fused-ring (bicyclic) bond motifs is 1. The molecule has 0 saturated heterocycles. The molecule has 0 spiro atoms. The number of carbonyl (C=O) groups excluding carboxylic acids is 3. The maximum absolute atomic E-state index is 14.1. The van der Waals surface area contributed by atoms with Gasteiger partial charge in [0.1, 0.15) is 27.8 Å². The van der Waals surface area contributed by atoms with Crippen LogP contribution in [0.2, 0.25) is 0 Å². The highest BCUT2D eigenvalue weighted by molar-refractivity contribution is 8.00. The Morgan fingerprint density at radius 2 is 1.62 bits per heavy atom. The second kappa shape index (κ2) is 16.4. The zero-order chi connectivity index (χ0) is 37.5. The lowest BCUT2D eigenvalue weighted by Crippen LogP contribution is -2.30. The van der Waals surface area contributed by atoms with Crippen molar-refractivity contribution in [3.05, 3.63) is 153 Å². The van der Waals surface area contributed by atoms with Crippen LogP contribution < -0.4 is 16.0 Å². The molecule has 3 N–H and O–H groups in total. The number of nitriles is 1. The van der Waals surface area contributed by atoms with Gasteiger partial charge in [-0.2, -0.15) is 5.26 Å². The monoisotopic (exact) mass is 742 g/mol. The number of nitrogens with one attached hydrogen (secondary N) is 3. The first kappa shape index (κ1) is 37.3. The van der Waals surface area contributed by atoms with Gasteiger partial charge in [-0.25, -0.2) is 4.39 Å². The zero-order valence-electron chi connectivity index (χ0n) is 29.6. The third-order valence-electron chi connectivity index (χ3n) is 9.23. The van der Waals surface area contributed by atoms with E-state index in [0.29, 0.717) is 38.2 Å². The van der Waals surface area contributed by atoms with E-state index in [9.17, 15) is 24.0 Å². The lowest BCUT2D eigenvalue weighted by Gasteiger charge is -2.33. The molecule has 2 unspecified atom stereocenters. The van der Waals surface area contributed by atoms with Crippen molar-refractivity contribution >= 4 is 57.6 Å². The average Bonchev–Trinajstić information content (AvgIpc) is 3.51. The lowest BCUT2D eigenvalue weighted by molar-refractivity contribution is -0.116. The van der Waals surface area contributed by atoms with Gasteiger partial charge in [0, 0.05) is 21.0 Å². The molecular formula is C43H39FN4O3S2. The summed E-state index contributed by atoms with van der Waals surface area (Å²) in [6.07, 6.45) is 4.19. The Kier molecular flexibility index (Phi) is 11.6. The molecule has 3 amide bonds. The number of rotatable bonds is 10. The molecule has 4 aromatic carbocycles. The highest BCUT2D eigenvalue weighted by atomic mass is 32.2. The predicted octanol–water partition coefficient (Wildman–Crippen LogP) is 9.79. The fraction of sp³-hybridized carbons (Fsp3) is 0.209. The summed E-state index contributed by atoms with van der Waals surface area (Å²) >= 11 is 2.83. The predicted molar refractivity (Wildman–Crippen MR) is 211 cm³/mol. The molecule has 268 valence electrons. The van der Waals surface area contributed by atoms with E-state index in [1.54, 1.807) is 48.5 Å². The van der Waals surface area contributed by atoms with Crippen molar-refractivity contribution < 1.29 is 18.8 Å². The van der Waals surface area contributed by atoms with Crippen LogP contribution in [0.4, 0.5) is 15.1 Å². The van der Waals surface area contributed by atoms with E-state index in [-0.39, 0.29) is 17.0 Å². The van der Waals surface area contributed by atoms with Crippen molar-refractivity contribution in [2.45, 2.75) is 50.2 Å². The lowest BCUT2D eigenvalue weighted by atomic mass is 9.72. The smallest absolute Gasteiger partial charge is 0.272 e. The molecule has 0 fully saturated rings. The van der Waals surface area contributed by atoms with E-state index in [2.05, 4.69) is 42.8 Å². The average molecular weight is 743 g/mol. The Bertz CT molecular complexity index is 2190. The van der Waals surface area contributed by atoms with Gasteiger partial charge in [0.25, 0.3) is 11.8 Å². The molecule has 1 heterocycles. The van der Waals surface area contributed by atoms with Gasteiger partial charge in [0.05, 0.1) is 5.56 Å². The summed E-state index contributed by atoms with van der Waals surface area (Å²) < 4.78 is 13.6. The number of hydrogen-bond donors (Lipinski definition) is 3. The quantitative estimate of drug-likeness (QED) is 0.0975. The molecule has 5 aromatic rings. The van der Waals surface area contributed by atoms with Crippen LogP contribution in [0.1, 0.15) is 69.9 Å². The summed E-state index contributed by atoms with van der Waals surface area (Å²) in [6, 6.07) is 33.0. The molecule has 7 nitrogen and oxygen atoms in total. The Morgan fingerprint density at radius 1 is 0.925 bits per heavy atom. The van der Waals surface area contributed by atoms with Crippen LogP contribution in [0.15, 0.2) is 120 Å². The molecule has 10 heteroatoms. The third kappa shape index (κ3) is 9.30. The highest BCUT2D eigenvalue weighted by Gasteiger charge is 2.33. The first-order chi connectivity index (χ1) is 25.5. The maximum atomic E-state index is 14.1. The molecule has 2 atom stereocenters. The molecule has 0 radical (unpaired) electrons. The zero-order valence-corrected chi connectivity index (χ0v) is 31.2. The van der Waals surface area contributed by atoms with Gasteiger partial charge in [-0.1, -0.05) is 87.5 Å². The summed E-state index contributed by atoms with van der Waals surface area (Å²) in [7, 11) is 0. The topological polar surface area (TPSA) is 111 Å². The van der Waals surface area contributed by atoms with Crippen molar-refractivity contribution in [2.75, 3.05) is 10.6 Å². The number of anilines is 2. The maximum Gasteiger partial charge on any atom is 0.272 e. The van der Waals surface area contributed by atoms with Crippen molar-refractivity contribution in [2.24, 2.45) is 11.3 Å². The van der Waals surface area contributed by atoms with E-state index in [1.807, 2.05) is 36.4 Å². The molecule has 0 aliphatic heterocycles. The fourth-order valence-corrected chi connectivity index (χ4v) is 8.62. The number of halogens is 1. The summed E-state index contributed by atoms with van der Waals surface area (Å²) in [4.78, 5) is 42.7. The van der Waals surface area contributed by atoms with Crippen LogP contribution in [0.3, 0.4) is 0 Å². The van der Waals surface area contributed by atoms with E-state index in [0.717, 1.165) is 30.4 Å². The van der Waals surface area contributed by atoms with E-state index in [1.165, 1.54) is 58.3 Å². The Balaban J connectivity index is 1.23. The Labute approximate surface area is 317 Å². The van der Waals surface area contributed by atoms with Crippen molar-refractivity contribution in [3.8, 4) is 6.07 Å². The summed E-state index contributed by atoms with van der Waals surface area (Å²) in [5, 5.41) is 18.7. The largest absolute Gasteiger partial charge is 0.321 e. The minimum Gasteiger partial charge on any atom is -0.321 e. The number of carbonyl (C=O) groups is 3. The molecule has 6 rings (SSSR count). The van der Waals surface area contributed by atoms with Crippen molar-refractivity contribution in [3.63, 3.8) is 0 Å². The minimum absolute atomic E-state index is 0.0363. The van der Waals surface area contributed by atoms with Gasteiger partial charge in [0.15, 0.2) is 0 Å². The van der Waals surface area contributed by atoms with Gasteiger partial charge in [0.2, 0.25) is 5.91 Å². The summed E-state index contributed by atoms with van der Waals surface area (Å²) in [5.41, 5.74) is 3.83. The van der Waals surface area contributed by atoms with Crippen LogP contribution in [0.25, 0.3) is 6.08 Å².